The minimum atomic E-state index is -0.342. The summed E-state index contributed by atoms with van der Waals surface area (Å²) in [5, 5.41) is 0. The zero-order valence-corrected chi connectivity index (χ0v) is 9.19. The summed E-state index contributed by atoms with van der Waals surface area (Å²) in [5.74, 6) is 0.368. The van der Waals surface area contributed by atoms with E-state index in [1.807, 2.05) is 30.3 Å². The van der Waals surface area contributed by atoms with Gasteiger partial charge in [0.1, 0.15) is 0 Å². The summed E-state index contributed by atoms with van der Waals surface area (Å²) in [6, 6.07) is 9.97. The molecule has 1 aliphatic rings. The van der Waals surface area contributed by atoms with Gasteiger partial charge in [-0.2, -0.15) is 0 Å². The fourth-order valence-corrected chi connectivity index (χ4v) is 2.46. The van der Waals surface area contributed by atoms with E-state index in [1.54, 1.807) is 0 Å². The first-order valence-corrected chi connectivity index (χ1v) is 5.39. The van der Waals surface area contributed by atoms with Gasteiger partial charge in [-0.05, 0) is 17.9 Å². The highest BCUT2D eigenvalue weighted by atomic mass is 16.5. The summed E-state index contributed by atoms with van der Waals surface area (Å²) < 4.78 is 4.93. The van der Waals surface area contributed by atoms with E-state index in [0.29, 0.717) is 5.92 Å². The fourth-order valence-electron chi connectivity index (χ4n) is 2.46. The van der Waals surface area contributed by atoms with Crippen LogP contribution in [0.2, 0.25) is 0 Å². The number of benzene rings is 1. The Morgan fingerprint density at radius 1 is 1.47 bits per heavy atom. The Morgan fingerprint density at radius 2 is 2.13 bits per heavy atom. The van der Waals surface area contributed by atoms with Gasteiger partial charge in [-0.25, -0.2) is 0 Å². The molecule has 0 spiro atoms. The topological polar surface area (TPSA) is 26.3 Å². The smallest absolute Gasteiger partial charge is 0.316 e. The number of rotatable bonds is 3. The van der Waals surface area contributed by atoms with Gasteiger partial charge >= 0.3 is 5.97 Å². The molecule has 1 fully saturated rings. The van der Waals surface area contributed by atoms with Gasteiger partial charge in [-0.15, -0.1) is 0 Å². The molecular weight excluding hydrogens is 188 g/mol. The van der Waals surface area contributed by atoms with Crippen LogP contribution in [0.15, 0.2) is 30.3 Å². The van der Waals surface area contributed by atoms with Crippen molar-refractivity contribution in [3.63, 3.8) is 0 Å². The number of carbonyl (C=O) groups excluding carboxylic acids is 1. The Labute approximate surface area is 90.3 Å². The lowest BCUT2D eigenvalue weighted by Crippen LogP contribution is -2.24. The molecule has 1 aliphatic carbocycles. The second-order valence-corrected chi connectivity index (χ2v) is 4.14. The second kappa shape index (κ2) is 3.69. The Morgan fingerprint density at radius 3 is 2.60 bits per heavy atom. The Kier molecular flexibility index (Phi) is 2.51. The second-order valence-electron chi connectivity index (χ2n) is 4.14. The molecule has 15 heavy (non-hydrogen) atoms. The van der Waals surface area contributed by atoms with Crippen LogP contribution in [0.25, 0.3) is 0 Å². The molecule has 2 nitrogen and oxygen atoms in total. The van der Waals surface area contributed by atoms with Gasteiger partial charge in [-0.1, -0.05) is 43.7 Å². The first kappa shape index (κ1) is 10.2. The van der Waals surface area contributed by atoms with Crippen LogP contribution in [-0.4, -0.2) is 13.1 Å². The molecule has 2 atom stereocenters. The van der Waals surface area contributed by atoms with Crippen LogP contribution in [0, 0.1) is 5.92 Å². The number of carbonyl (C=O) groups is 1. The summed E-state index contributed by atoms with van der Waals surface area (Å²) in [5.41, 5.74) is 0.758. The largest absolute Gasteiger partial charge is 0.468 e. The Balaban J connectivity index is 2.34. The van der Waals surface area contributed by atoms with E-state index in [2.05, 4.69) is 6.92 Å². The molecule has 1 saturated carbocycles. The third-order valence-electron chi connectivity index (χ3n) is 3.44. The fraction of sp³-hybridized carbons (Fsp3) is 0.462. The lowest BCUT2D eigenvalue weighted by Gasteiger charge is -2.14. The van der Waals surface area contributed by atoms with Crippen molar-refractivity contribution in [3.05, 3.63) is 35.9 Å². The van der Waals surface area contributed by atoms with Gasteiger partial charge in [0.2, 0.25) is 0 Å². The molecule has 0 aromatic heterocycles. The molecule has 0 unspecified atom stereocenters. The van der Waals surface area contributed by atoms with Crippen molar-refractivity contribution in [3.8, 4) is 0 Å². The third-order valence-corrected chi connectivity index (χ3v) is 3.44. The van der Waals surface area contributed by atoms with E-state index < -0.39 is 0 Å². The van der Waals surface area contributed by atoms with Crippen molar-refractivity contribution in [1.29, 1.82) is 0 Å². The highest BCUT2D eigenvalue weighted by molar-refractivity contribution is 5.87. The van der Waals surface area contributed by atoms with E-state index >= 15 is 0 Å². The maximum atomic E-state index is 11.8. The maximum absolute atomic E-state index is 11.8. The van der Waals surface area contributed by atoms with Crippen molar-refractivity contribution >= 4 is 5.97 Å². The molecule has 0 heterocycles. The van der Waals surface area contributed by atoms with Gasteiger partial charge < -0.3 is 4.74 Å². The van der Waals surface area contributed by atoms with E-state index in [1.165, 1.54) is 7.11 Å². The summed E-state index contributed by atoms with van der Waals surface area (Å²) in [4.78, 5) is 11.8. The van der Waals surface area contributed by atoms with E-state index in [9.17, 15) is 4.79 Å². The molecule has 0 bridgehead atoms. The van der Waals surface area contributed by atoms with Crippen LogP contribution in [0.4, 0.5) is 0 Å². The van der Waals surface area contributed by atoms with Crippen LogP contribution in [0.5, 0.6) is 0 Å². The van der Waals surface area contributed by atoms with Crippen LogP contribution in [-0.2, 0) is 14.9 Å². The average Bonchev–Trinajstić information content (AvgIpc) is 3.05. The standard InChI is InChI=1S/C13H16O2/c1-3-10-9-13(10,12(14)15-2)11-7-5-4-6-8-11/h4-8,10H,3,9H2,1-2H3/t10-,13-/m0/s1. The third kappa shape index (κ3) is 1.44. The van der Waals surface area contributed by atoms with Crippen LogP contribution < -0.4 is 0 Å². The van der Waals surface area contributed by atoms with Gasteiger partial charge in [0.15, 0.2) is 0 Å². The SMILES string of the molecule is CC[C@H]1C[C@@]1(C(=O)OC)c1ccccc1. The molecule has 1 aromatic rings. The zero-order valence-electron chi connectivity index (χ0n) is 9.19. The van der Waals surface area contributed by atoms with E-state index in [-0.39, 0.29) is 11.4 Å². The predicted molar refractivity (Wildman–Crippen MR) is 58.5 cm³/mol. The molecule has 0 amide bonds. The Hall–Kier alpha value is -1.31. The molecular formula is C13H16O2. The Bertz CT molecular complexity index is 358. The summed E-state index contributed by atoms with van der Waals surface area (Å²) in [7, 11) is 1.47. The van der Waals surface area contributed by atoms with Gasteiger partial charge in [0.05, 0.1) is 12.5 Å². The van der Waals surface area contributed by atoms with E-state index in [0.717, 1.165) is 18.4 Å². The number of ether oxygens (including phenoxy) is 1. The lowest BCUT2D eigenvalue weighted by molar-refractivity contribution is -0.144. The highest BCUT2D eigenvalue weighted by Crippen LogP contribution is 2.56. The summed E-state index contributed by atoms with van der Waals surface area (Å²) in [6.45, 7) is 2.12. The molecule has 0 saturated heterocycles. The van der Waals surface area contributed by atoms with Crippen molar-refractivity contribution < 1.29 is 9.53 Å². The normalized spacial score (nSPS) is 28.5. The zero-order chi connectivity index (χ0) is 10.9. The molecule has 0 radical (unpaired) electrons. The van der Waals surface area contributed by atoms with Crippen molar-refractivity contribution in [1.82, 2.24) is 0 Å². The van der Waals surface area contributed by atoms with Gasteiger partial charge in [0, 0.05) is 0 Å². The molecule has 2 rings (SSSR count). The van der Waals surface area contributed by atoms with Crippen LogP contribution in [0.3, 0.4) is 0 Å². The van der Waals surface area contributed by atoms with Crippen molar-refractivity contribution in [2.24, 2.45) is 5.92 Å². The maximum Gasteiger partial charge on any atom is 0.316 e. The van der Waals surface area contributed by atoms with E-state index in [4.69, 9.17) is 4.74 Å². The summed E-state index contributed by atoms with van der Waals surface area (Å²) in [6.07, 6.45) is 1.96. The van der Waals surface area contributed by atoms with Gasteiger partial charge in [-0.3, -0.25) is 4.79 Å². The number of hydrogen-bond acceptors (Lipinski definition) is 2. The molecule has 0 aliphatic heterocycles. The molecule has 80 valence electrons. The number of esters is 1. The first-order chi connectivity index (χ1) is 7.25. The highest BCUT2D eigenvalue weighted by Gasteiger charge is 2.60. The van der Waals surface area contributed by atoms with Crippen LogP contribution in [0.1, 0.15) is 25.3 Å². The summed E-state index contributed by atoms with van der Waals surface area (Å²) >= 11 is 0. The molecule has 0 N–H and O–H groups in total. The van der Waals surface area contributed by atoms with Crippen molar-refractivity contribution in [2.45, 2.75) is 25.2 Å². The van der Waals surface area contributed by atoms with Gasteiger partial charge in [0.25, 0.3) is 0 Å². The van der Waals surface area contributed by atoms with Crippen molar-refractivity contribution in [2.75, 3.05) is 7.11 Å². The lowest BCUT2D eigenvalue weighted by atomic mass is 9.92. The molecule has 2 heteroatoms. The minimum Gasteiger partial charge on any atom is -0.468 e. The predicted octanol–water partition coefficient (Wildman–Crippen LogP) is 2.53. The number of methoxy groups -OCH3 is 1. The minimum absolute atomic E-state index is 0.0828. The number of hydrogen-bond donors (Lipinski definition) is 0. The quantitative estimate of drug-likeness (QED) is 0.707. The van der Waals surface area contributed by atoms with Crippen LogP contribution >= 0.6 is 0 Å². The molecule has 1 aromatic carbocycles. The first-order valence-electron chi connectivity index (χ1n) is 5.39. The average molecular weight is 204 g/mol. The monoisotopic (exact) mass is 204 g/mol.